The second kappa shape index (κ2) is 4.91. The molecule has 0 amide bonds. The third-order valence-corrected chi connectivity index (χ3v) is 5.68. The first-order valence-electron chi connectivity index (χ1n) is 8.05. The maximum Gasteiger partial charge on any atom is 0.136 e. The first-order valence-corrected chi connectivity index (χ1v) is 8.05. The predicted molar refractivity (Wildman–Crippen MR) is 77.9 cm³/mol. The number of hydrogen-bond donors (Lipinski definition) is 0. The summed E-state index contributed by atoms with van der Waals surface area (Å²) in [7, 11) is 0. The predicted octanol–water partition coefficient (Wildman–Crippen LogP) is 3.95. The summed E-state index contributed by atoms with van der Waals surface area (Å²) < 4.78 is 5.70. The van der Waals surface area contributed by atoms with E-state index in [4.69, 9.17) is 4.74 Å². The van der Waals surface area contributed by atoms with Crippen molar-refractivity contribution in [2.75, 3.05) is 6.61 Å². The lowest BCUT2D eigenvalue weighted by molar-refractivity contribution is -0.124. The van der Waals surface area contributed by atoms with Gasteiger partial charge < -0.3 is 4.74 Å². The minimum Gasteiger partial charge on any atom is -0.493 e. The molecule has 2 saturated carbocycles. The summed E-state index contributed by atoms with van der Waals surface area (Å²) in [5, 5.41) is 0. The van der Waals surface area contributed by atoms with Crippen molar-refractivity contribution in [2.45, 2.75) is 44.4 Å². The summed E-state index contributed by atoms with van der Waals surface area (Å²) in [6.45, 7) is 0.756. The van der Waals surface area contributed by atoms with Crippen molar-refractivity contribution in [3.8, 4) is 5.75 Å². The van der Waals surface area contributed by atoms with Gasteiger partial charge in [-0.25, -0.2) is 0 Å². The fraction of sp³-hybridized carbons (Fsp3) is 0.611. The van der Waals surface area contributed by atoms with E-state index in [0.717, 1.165) is 31.1 Å². The van der Waals surface area contributed by atoms with E-state index < -0.39 is 0 Å². The van der Waals surface area contributed by atoms with Crippen LogP contribution in [-0.2, 0) is 4.79 Å². The van der Waals surface area contributed by atoms with Crippen LogP contribution in [0.5, 0.6) is 5.75 Å². The molecule has 1 heterocycles. The van der Waals surface area contributed by atoms with Crippen LogP contribution in [0, 0.1) is 17.8 Å². The fourth-order valence-corrected chi connectivity index (χ4v) is 4.66. The maximum atomic E-state index is 12.7. The Bertz CT molecular complexity index is 522. The Labute approximate surface area is 120 Å². The van der Waals surface area contributed by atoms with Gasteiger partial charge in [-0.1, -0.05) is 24.6 Å². The number of rotatable bonds is 3. The Hall–Kier alpha value is -1.31. The van der Waals surface area contributed by atoms with Gasteiger partial charge in [-0.15, -0.1) is 0 Å². The molecule has 2 nitrogen and oxygen atoms in total. The standard InChI is InChI=1S/C18H22O2/c19-17(16-10-12-5-6-13(16)9-12)11-14-7-8-20-18-4-2-1-3-15(14)18/h1-4,12-14,16H,5-11H2. The van der Waals surface area contributed by atoms with E-state index in [1.54, 1.807) is 0 Å². The molecule has 2 heteroatoms. The van der Waals surface area contributed by atoms with Crippen LogP contribution in [0.15, 0.2) is 24.3 Å². The minimum absolute atomic E-state index is 0.378. The number of fused-ring (bicyclic) bond motifs is 3. The highest BCUT2D eigenvalue weighted by Crippen LogP contribution is 2.49. The molecule has 20 heavy (non-hydrogen) atoms. The number of hydrogen-bond acceptors (Lipinski definition) is 2. The molecule has 4 rings (SSSR count). The molecule has 1 aliphatic heterocycles. The molecular weight excluding hydrogens is 248 g/mol. The molecular formula is C18H22O2. The molecule has 106 valence electrons. The Morgan fingerprint density at radius 2 is 2.05 bits per heavy atom. The van der Waals surface area contributed by atoms with Gasteiger partial charge in [0, 0.05) is 12.3 Å². The Kier molecular flexibility index (Phi) is 3.05. The maximum absolute atomic E-state index is 12.7. The van der Waals surface area contributed by atoms with Gasteiger partial charge in [0.2, 0.25) is 0 Å². The van der Waals surface area contributed by atoms with Crippen molar-refractivity contribution < 1.29 is 9.53 Å². The van der Waals surface area contributed by atoms with Crippen LogP contribution in [0.4, 0.5) is 0 Å². The van der Waals surface area contributed by atoms with E-state index in [1.165, 1.54) is 31.2 Å². The monoisotopic (exact) mass is 270 g/mol. The molecule has 4 unspecified atom stereocenters. The summed E-state index contributed by atoms with van der Waals surface area (Å²) in [4.78, 5) is 12.7. The van der Waals surface area contributed by atoms with Crippen LogP contribution >= 0.6 is 0 Å². The number of ether oxygens (including phenoxy) is 1. The zero-order valence-electron chi connectivity index (χ0n) is 11.9. The van der Waals surface area contributed by atoms with Gasteiger partial charge in [0.1, 0.15) is 11.5 Å². The fourth-order valence-electron chi connectivity index (χ4n) is 4.66. The lowest BCUT2D eigenvalue weighted by Gasteiger charge is -2.27. The third kappa shape index (κ3) is 2.06. The zero-order chi connectivity index (χ0) is 13.5. The van der Waals surface area contributed by atoms with Crippen molar-refractivity contribution in [3.63, 3.8) is 0 Å². The highest BCUT2D eigenvalue weighted by atomic mass is 16.5. The molecule has 0 saturated heterocycles. The topological polar surface area (TPSA) is 26.3 Å². The van der Waals surface area contributed by atoms with Crippen LogP contribution < -0.4 is 4.74 Å². The molecule has 0 radical (unpaired) electrons. The number of ketones is 1. The number of carbonyl (C=O) groups excluding carboxylic acids is 1. The van der Waals surface area contributed by atoms with Crippen LogP contribution in [0.1, 0.15) is 50.0 Å². The lowest BCUT2D eigenvalue weighted by atomic mass is 9.80. The summed E-state index contributed by atoms with van der Waals surface area (Å²) >= 11 is 0. The summed E-state index contributed by atoms with van der Waals surface area (Å²) in [6, 6.07) is 8.23. The summed E-state index contributed by atoms with van der Waals surface area (Å²) in [6.07, 6.45) is 6.88. The molecule has 0 spiro atoms. The molecule has 2 fully saturated rings. The zero-order valence-corrected chi connectivity index (χ0v) is 11.9. The molecule has 1 aromatic carbocycles. The van der Waals surface area contributed by atoms with Gasteiger partial charge in [-0.05, 0) is 55.1 Å². The van der Waals surface area contributed by atoms with Gasteiger partial charge in [-0.3, -0.25) is 4.79 Å². The largest absolute Gasteiger partial charge is 0.493 e. The minimum atomic E-state index is 0.378. The average Bonchev–Trinajstić information content (AvgIpc) is 3.10. The van der Waals surface area contributed by atoms with Crippen LogP contribution in [-0.4, -0.2) is 12.4 Å². The SMILES string of the molecule is O=C(CC1CCOc2ccccc21)C1CC2CCC1C2. The van der Waals surface area contributed by atoms with Crippen LogP contribution in [0.25, 0.3) is 0 Å². The quantitative estimate of drug-likeness (QED) is 0.831. The highest BCUT2D eigenvalue weighted by Gasteiger charge is 2.43. The smallest absolute Gasteiger partial charge is 0.136 e. The van der Waals surface area contributed by atoms with Crippen molar-refractivity contribution in [3.05, 3.63) is 29.8 Å². The molecule has 0 aromatic heterocycles. The first-order chi connectivity index (χ1) is 9.81. The van der Waals surface area contributed by atoms with Gasteiger partial charge in [0.25, 0.3) is 0 Å². The highest BCUT2D eigenvalue weighted by molar-refractivity contribution is 5.82. The van der Waals surface area contributed by atoms with E-state index in [2.05, 4.69) is 12.1 Å². The Balaban J connectivity index is 1.48. The summed E-state index contributed by atoms with van der Waals surface area (Å²) in [5.74, 6) is 3.84. The molecule has 2 aliphatic carbocycles. The van der Waals surface area contributed by atoms with Crippen LogP contribution in [0.2, 0.25) is 0 Å². The van der Waals surface area contributed by atoms with Crippen molar-refractivity contribution in [1.29, 1.82) is 0 Å². The van der Waals surface area contributed by atoms with Crippen molar-refractivity contribution in [1.82, 2.24) is 0 Å². The van der Waals surface area contributed by atoms with Crippen molar-refractivity contribution >= 4 is 5.78 Å². The summed E-state index contributed by atoms with van der Waals surface area (Å²) in [5.41, 5.74) is 1.25. The molecule has 0 N–H and O–H groups in total. The van der Waals surface area contributed by atoms with Crippen molar-refractivity contribution in [2.24, 2.45) is 17.8 Å². The van der Waals surface area contributed by atoms with E-state index in [1.807, 2.05) is 12.1 Å². The molecule has 4 atom stereocenters. The Morgan fingerprint density at radius 3 is 2.85 bits per heavy atom. The van der Waals surface area contributed by atoms with Gasteiger partial charge >= 0.3 is 0 Å². The molecule has 1 aromatic rings. The van der Waals surface area contributed by atoms with E-state index in [0.29, 0.717) is 23.5 Å². The normalized spacial score (nSPS) is 34.6. The van der Waals surface area contributed by atoms with Gasteiger partial charge in [0.05, 0.1) is 6.61 Å². The number of carbonyl (C=O) groups is 1. The van der Waals surface area contributed by atoms with Gasteiger partial charge in [-0.2, -0.15) is 0 Å². The van der Waals surface area contributed by atoms with Crippen LogP contribution in [0.3, 0.4) is 0 Å². The second-order valence-corrected chi connectivity index (χ2v) is 6.82. The number of para-hydroxylation sites is 1. The number of Topliss-reactive ketones (excluding diaryl/α,β-unsaturated/α-hetero) is 1. The van der Waals surface area contributed by atoms with E-state index >= 15 is 0 Å². The second-order valence-electron chi connectivity index (χ2n) is 6.82. The number of benzene rings is 1. The van der Waals surface area contributed by atoms with Gasteiger partial charge in [0.15, 0.2) is 0 Å². The Morgan fingerprint density at radius 1 is 1.15 bits per heavy atom. The molecule has 2 bridgehead atoms. The average molecular weight is 270 g/mol. The van der Waals surface area contributed by atoms with E-state index in [9.17, 15) is 4.79 Å². The third-order valence-electron chi connectivity index (χ3n) is 5.68. The first kappa shape index (κ1) is 12.4. The van der Waals surface area contributed by atoms with E-state index in [-0.39, 0.29) is 0 Å². The molecule has 3 aliphatic rings. The lowest BCUT2D eigenvalue weighted by Crippen LogP contribution is -2.24.